The number of hydrogen-bond donors (Lipinski definition) is 2. The van der Waals surface area contributed by atoms with Crippen LogP contribution < -0.4 is 9.86 Å². The first-order valence-corrected chi connectivity index (χ1v) is 8.90. The van der Waals surface area contributed by atoms with E-state index in [2.05, 4.69) is 4.72 Å². The fraction of sp³-hybridized carbons (Fsp3) is 0.455. The second kappa shape index (κ2) is 5.08. The van der Waals surface area contributed by atoms with Crippen molar-refractivity contribution in [3.8, 4) is 0 Å². The summed E-state index contributed by atoms with van der Waals surface area (Å²) in [5.41, 5.74) is -0.641. The van der Waals surface area contributed by atoms with Crippen molar-refractivity contribution in [1.29, 1.82) is 0 Å². The Morgan fingerprint density at radius 2 is 1.70 bits per heavy atom. The average molecular weight is 320 g/mol. The van der Waals surface area contributed by atoms with Gasteiger partial charge >= 0.3 is 0 Å². The lowest BCUT2D eigenvalue weighted by molar-refractivity contribution is 0.178. The van der Waals surface area contributed by atoms with Crippen LogP contribution >= 0.6 is 0 Å². The topological polar surface area (TPSA) is 116 Å². The van der Waals surface area contributed by atoms with E-state index in [0.29, 0.717) is 19.6 Å². The molecule has 20 heavy (non-hydrogen) atoms. The minimum Gasteiger partial charge on any atom is -0.379 e. The molecule has 1 aliphatic rings. The summed E-state index contributed by atoms with van der Waals surface area (Å²) >= 11 is 0. The van der Waals surface area contributed by atoms with Crippen molar-refractivity contribution in [3.63, 3.8) is 0 Å². The van der Waals surface area contributed by atoms with E-state index in [1.807, 2.05) is 0 Å². The molecule has 0 saturated carbocycles. The zero-order chi connectivity index (χ0) is 15.0. The van der Waals surface area contributed by atoms with Crippen LogP contribution in [0.3, 0.4) is 0 Å². The molecule has 0 spiro atoms. The minimum absolute atomic E-state index is 0.0157. The lowest BCUT2D eigenvalue weighted by Gasteiger charge is -2.23. The first kappa shape index (κ1) is 15.4. The summed E-state index contributed by atoms with van der Waals surface area (Å²) in [6, 6.07) is 4.75. The first-order chi connectivity index (χ1) is 9.12. The van der Waals surface area contributed by atoms with E-state index in [9.17, 15) is 16.8 Å². The number of rotatable bonds is 4. The summed E-state index contributed by atoms with van der Waals surface area (Å²) in [5.74, 6) is 0. The van der Waals surface area contributed by atoms with Gasteiger partial charge in [-0.2, -0.15) is 0 Å². The van der Waals surface area contributed by atoms with Crippen LogP contribution in [-0.2, 0) is 24.8 Å². The van der Waals surface area contributed by atoms with Crippen molar-refractivity contribution in [2.24, 2.45) is 5.14 Å². The Labute approximate surface area is 118 Å². The molecule has 0 bridgehead atoms. The van der Waals surface area contributed by atoms with E-state index >= 15 is 0 Å². The van der Waals surface area contributed by atoms with Crippen LogP contribution in [0.2, 0.25) is 0 Å². The maximum atomic E-state index is 12.2. The molecule has 1 aromatic rings. The van der Waals surface area contributed by atoms with Crippen molar-refractivity contribution in [2.45, 2.75) is 28.7 Å². The fourth-order valence-electron chi connectivity index (χ4n) is 1.94. The van der Waals surface area contributed by atoms with Crippen molar-refractivity contribution in [1.82, 2.24) is 4.72 Å². The predicted octanol–water partition coefficient (Wildman–Crippen LogP) is -0.209. The summed E-state index contributed by atoms with van der Waals surface area (Å²) in [6.07, 6.45) is 0.585. The molecule has 0 aliphatic carbocycles. The van der Waals surface area contributed by atoms with Gasteiger partial charge in [-0.15, -0.1) is 0 Å². The highest BCUT2D eigenvalue weighted by atomic mass is 32.2. The molecular weight excluding hydrogens is 304 g/mol. The van der Waals surface area contributed by atoms with E-state index in [-0.39, 0.29) is 9.79 Å². The summed E-state index contributed by atoms with van der Waals surface area (Å²) < 4.78 is 54.4. The highest BCUT2D eigenvalue weighted by Gasteiger charge is 2.34. The van der Waals surface area contributed by atoms with Crippen LogP contribution in [0.25, 0.3) is 0 Å². The molecule has 1 unspecified atom stereocenters. The number of benzene rings is 1. The molecule has 1 atom stereocenters. The molecule has 1 aliphatic heterocycles. The first-order valence-electron chi connectivity index (χ1n) is 5.87. The molecule has 0 amide bonds. The third-order valence-corrected chi connectivity index (χ3v) is 5.65. The Morgan fingerprint density at radius 3 is 2.15 bits per heavy atom. The van der Waals surface area contributed by atoms with Crippen molar-refractivity contribution >= 4 is 20.0 Å². The molecule has 0 radical (unpaired) electrons. The number of nitrogens with two attached hydrogens (primary N) is 1. The van der Waals surface area contributed by atoms with Gasteiger partial charge in [-0.1, -0.05) is 0 Å². The van der Waals surface area contributed by atoms with Crippen LogP contribution in [0.4, 0.5) is 0 Å². The van der Waals surface area contributed by atoms with Crippen LogP contribution in [0.15, 0.2) is 34.1 Å². The molecule has 2 rings (SSSR count). The van der Waals surface area contributed by atoms with Gasteiger partial charge in [0.2, 0.25) is 20.0 Å². The van der Waals surface area contributed by atoms with Gasteiger partial charge in [-0.3, -0.25) is 0 Å². The Hall–Kier alpha value is -1.00. The van der Waals surface area contributed by atoms with Gasteiger partial charge in [0.25, 0.3) is 0 Å². The number of hydrogen-bond acceptors (Lipinski definition) is 5. The van der Waals surface area contributed by atoms with E-state index in [1.54, 1.807) is 6.92 Å². The normalized spacial score (nSPS) is 23.9. The third-order valence-electron chi connectivity index (χ3n) is 3.06. The second-order valence-electron chi connectivity index (χ2n) is 4.99. The Morgan fingerprint density at radius 1 is 1.15 bits per heavy atom. The van der Waals surface area contributed by atoms with Crippen LogP contribution in [-0.4, -0.2) is 35.6 Å². The lowest BCUT2D eigenvalue weighted by atomic mass is 10.0. The Bertz CT molecular complexity index is 689. The SMILES string of the molecule is CC1(NS(=O)(=O)c2ccc(S(N)(=O)=O)cc2)CCOC1. The molecule has 112 valence electrons. The summed E-state index contributed by atoms with van der Waals surface area (Å²) in [7, 11) is -7.56. The van der Waals surface area contributed by atoms with E-state index in [1.165, 1.54) is 12.1 Å². The molecule has 7 nitrogen and oxygen atoms in total. The summed E-state index contributed by atoms with van der Waals surface area (Å²) in [4.78, 5) is -0.148. The standard InChI is InChI=1S/C11H16N2O5S2/c1-11(6-7-18-8-11)13-20(16,17)10-4-2-9(3-5-10)19(12,14)15/h2-5,13H,6-8H2,1H3,(H2,12,14,15). The quantitative estimate of drug-likeness (QED) is 0.796. The van der Waals surface area contributed by atoms with Crippen molar-refractivity contribution in [3.05, 3.63) is 24.3 Å². The molecule has 9 heteroatoms. The van der Waals surface area contributed by atoms with E-state index in [0.717, 1.165) is 12.1 Å². The van der Waals surface area contributed by atoms with Gasteiger partial charge in [0.15, 0.2) is 0 Å². The average Bonchev–Trinajstić information content (AvgIpc) is 2.74. The molecule has 1 fully saturated rings. The maximum Gasteiger partial charge on any atom is 0.241 e. The second-order valence-corrected chi connectivity index (χ2v) is 8.23. The van der Waals surface area contributed by atoms with E-state index < -0.39 is 25.6 Å². The highest BCUT2D eigenvalue weighted by Crippen LogP contribution is 2.21. The largest absolute Gasteiger partial charge is 0.379 e. The van der Waals surface area contributed by atoms with E-state index in [4.69, 9.17) is 9.88 Å². The molecular formula is C11H16N2O5S2. The van der Waals surface area contributed by atoms with Gasteiger partial charge in [0, 0.05) is 6.61 Å². The van der Waals surface area contributed by atoms with Crippen LogP contribution in [0.1, 0.15) is 13.3 Å². The van der Waals surface area contributed by atoms with Gasteiger partial charge in [-0.05, 0) is 37.6 Å². The molecule has 1 saturated heterocycles. The van der Waals surface area contributed by atoms with Crippen molar-refractivity contribution in [2.75, 3.05) is 13.2 Å². The third kappa shape index (κ3) is 3.36. The summed E-state index contributed by atoms with van der Waals surface area (Å²) in [6.45, 7) is 2.57. The number of primary sulfonamides is 1. The number of nitrogens with one attached hydrogen (secondary N) is 1. The maximum absolute atomic E-state index is 12.2. The van der Waals surface area contributed by atoms with Gasteiger partial charge < -0.3 is 4.74 Å². The van der Waals surface area contributed by atoms with Gasteiger partial charge in [0.1, 0.15) is 0 Å². The Kier molecular flexibility index (Phi) is 3.91. The molecule has 1 aromatic carbocycles. The fourth-order valence-corrected chi connectivity index (χ4v) is 3.88. The number of sulfonamides is 2. The highest BCUT2D eigenvalue weighted by molar-refractivity contribution is 7.89. The lowest BCUT2D eigenvalue weighted by Crippen LogP contribution is -2.46. The minimum atomic E-state index is -3.83. The number of ether oxygens (including phenoxy) is 1. The molecule has 3 N–H and O–H groups in total. The monoisotopic (exact) mass is 320 g/mol. The van der Waals surface area contributed by atoms with Gasteiger partial charge in [0.05, 0.1) is 21.9 Å². The zero-order valence-electron chi connectivity index (χ0n) is 10.9. The predicted molar refractivity (Wildman–Crippen MR) is 72.0 cm³/mol. The van der Waals surface area contributed by atoms with Crippen LogP contribution in [0.5, 0.6) is 0 Å². The summed E-state index contributed by atoms with van der Waals surface area (Å²) in [5, 5.41) is 4.96. The van der Waals surface area contributed by atoms with Crippen molar-refractivity contribution < 1.29 is 21.6 Å². The van der Waals surface area contributed by atoms with Crippen LogP contribution in [0, 0.1) is 0 Å². The Balaban J connectivity index is 2.26. The van der Waals surface area contributed by atoms with Gasteiger partial charge in [-0.25, -0.2) is 26.7 Å². The molecule has 0 aromatic heterocycles. The molecule has 1 heterocycles. The zero-order valence-corrected chi connectivity index (χ0v) is 12.5. The smallest absolute Gasteiger partial charge is 0.241 e.